The lowest BCUT2D eigenvalue weighted by Crippen LogP contribution is -2.53. The first kappa shape index (κ1) is 27.7. The number of nitrogens with one attached hydrogen (secondary N) is 1. The fraction of sp³-hybridized carbons (Fsp3) is 0.577. The molecule has 0 spiro atoms. The molecule has 0 radical (unpaired) electrons. The number of fused-ring (bicyclic) bond motifs is 1. The van der Waals surface area contributed by atoms with Crippen LogP contribution in [-0.4, -0.2) is 55.9 Å². The maximum Gasteiger partial charge on any atom is 0.798 e. The molecule has 12 heteroatoms. The van der Waals surface area contributed by atoms with Gasteiger partial charge in [0.2, 0.25) is 5.43 Å². The van der Waals surface area contributed by atoms with Crippen LogP contribution in [0, 0.1) is 5.92 Å². The van der Waals surface area contributed by atoms with Crippen LogP contribution in [0.5, 0.6) is 5.75 Å². The number of pyridine rings is 1. The topological polar surface area (TPSA) is 99.1 Å². The van der Waals surface area contributed by atoms with Gasteiger partial charge in [0, 0.05) is 25.3 Å². The summed E-state index contributed by atoms with van der Waals surface area (Å²) in [6, 6.07) is 3.17. The first-order chi connectivity index (χ1) is 17.9. The van der Waals surface area contributed by atoms with Crippen molar-refractivity contribution < 1.29 is 32.3 Å². The molecule has 1 aliphatic carbocycles. The van der Waals surface area contributed by atoms with Crippen molar-refractivity contribution in [2.24, 2.45) is 5.92 Å². The summed E-state index contributed by atoms with van der Waals surface area (Å²) in [5, 5.41) is 3.21. The molecule has 2 fully saturated rings. The van der Waals surface area contributed by atoms with E-state index < -0.39 is 36.1 Å². The maximum absolute atomic E-state index is 13.2. The third-order valence-corrected chi connectivity index (χ3v) is 7.01. The highest BCUT2D eigenvalue weighted by atomic mass is 19.2. The summed E-state index contributed by atoms with van der Waals surface area (Å²) in [5.41, 5.74) is -0.511. The highest BCUT2D eigenvalue weighted by Gasteiger charge is 2.35. The minimum Gasteiger partial charge on any atom is -0.492 e. The van der Waals surface area contributed by atoms with Crippen molar-refractivity contribution in [3.05, 3.63) is 34.1 Å². The van der Waals surface area contributed by atoms with Crippen LogP contribution < -0.4 is 20.4 Å². The highest BCUT2D eigenvalue weighted by molar-refractivity contribution is 6.38. The van der Waals surface area contributed by atoms with Gasteiger partial charge in [-0.15, -0.1) is 0 Å². The smallest absolute Gasteiger partial charge is 0.492 e. The molecular weight excluding hydrogens is 499 g/mol. The predicted molar refractivity (Wildman–Crippen MR) is 140 cm³/mol. The predicted octanol–water partition coefficient (Wildman–Crippen LogP) is 4.56. The van der Waals surface area contributed by atoms with Gasteiger partial charge in [-0.2, -0.15) is 0 Å². The van der Waals surface area contributed by atoms with E-state index in [1.54, 1.807) is 16.7 Å². The number of ether oxygens (including phenoxy) is 2. The van der Waals surface area contributed by atoms with E-state index in [2.05, 4.69) is 21.8 Å². The molecule has 1 saturated carbocycles. The Hall–Kier alpha value is -3.31. The van der Waals surface area contributed by atoms with Crippen molar-refractivity contribution in [2.45, 2.75) is 71.1 Å². The Balaban J connectivity index is 1.73. The van der Waals surface area contributed by atoms with Gasteiger partial charge in [0.05, 0.1) is 29.7 Å². The van der Waals surface area contributed by atoms with Crippen molar-refractivity contribution in [2.75, 3.05) is 25.1 Å². The number of halogens is 2. The Labute approximate surface area is 220 Å². The molecule has 2 atom stereocenters. The lowest BCUT2D eigenvalue weighted by atomic mass is 9.89. The van der Waals surface area contributed by atoms with Gasteiger partial charge in [-0.05, 0) is 58.1 Å². The minimum absolute atomic E-state index is 0.00719. The van der Waals surface area contributed by atoms with E-state index in [1.807, 2.05) is 20.8 Å². The van der Waals surface area contributed by atoms with Gasteiger partial charge in [0.15, 0.2) is 5.75 Å². The fourth-order valence-electron chi connectivity index (χ4n) is 5.12. The number of hydrogen-bond acceptors (Lipinski definition) is 7. The first-order valence-corrected chi connectivity index (χ1v) is 12.9. The van der Waals surface area contributed by atoms with Crippen LogP contribution in [0.25, 0.3) is 10.9 Å². The highest BCUT2D eigenvalue weighted by Crippen LogP contribution is 2.43. The van der Waals surface area contributed by atoms with E-state index in [0.717, 1.165) is 31.4 Å². The number of amides is 1. The summed E-state index contributed by atoms with van der Waals surface area (Å²) in [5.74, 6) is -0.647. The van der Waals surface area contributed by atoms with E-state index in [1.165, 1.54) is 13.3 Å². The molecule has 2 aliphatic rings. The second-order valence-corrected chi connectivity index (χ2v) is 10.8. The zero-order chi connectivity index (χ0) is 27.8. The molecule has 1 aromatic heterocycles. The monoisotopic (exact) mass is 533 g/mol. The molecular formula is C26H34BF2N3O6. The third-order valence-electron chi connectivity index (χ3n) is 7.01. The lowest BCUT2D eigenvalue weighted by molar-refractivity contribution is 0.0478. The molecule has 206 valence electrons. The van der Waals surface area contributed by atoms with Crippen LogP contribution in [0.4, 0.5) is 19.1 Å². The average Bonchev–Trinajstić information content (AvgIpc) is 3.67. The van der Waals surface area contributed by atoms with Gasteiger partial charge >= 0.3 is 19.5 Å². The van der Waals surface area contributed by atoms with Crippen LogP contribution in [0.15, 0.2) is 23.1 Å². The van der Waals surface area contributed by atoms with Crippen LogP contribution in [0.2, 0.25) is 0 Å². The molecule has 0 bridgehead atoms. The van der Waals surface area contributed by atoms with Gasteiger partial charge in [0.1, 0.15) is 11.2 Å². The van der Waals surface area contributed by atoms with Crippen molar-refractivity contribution in [3.63, 3.8) is 0 Å². The number of carbonyl (C=O) groups is 2. The number of methoxy groups -OCH3 is 1. The second-order valence-electron chi connectivity index (χ2n) is 10.8. The minimum atomic E-state index is -3.32. The van der Waals surface area contributed by atoms with Gasteiger partial charge in [-0.25, -0.2) is 18.2 Å². The Bertz CT molecular complexity index is 1270. The van der Waals surface area contributed by atoms with E-state index >= 15 is 0 Å². The van der Waals surface area contributed by atoms with Crippen LogP contribution in [0.1, 0.15) is 69.8 Å². The second kappa shape index (κ2) is 10.8. The molecule has 2 aromatic rings. The average molecular weight is 533 g/mol. The van der Waals surface area contributed by atoms with Crippen molar-refractivity contribution in [1.82, 2.24) is 9.88 Å². The van der Waals surface area contributed by atoms with Gasteiger partial charge < -0.3 is 28.9 Å². The quantitative estimate of drug-likeness (QED) is 0.522. The number of piperidine rings is 1. The van der Waals surface area contributed by atoms with Crippen molar-refractivity contribution in [1.29, 1.82) is 0 Å². The molecule has 1 saturated heterocycles. The number of hydrogen-bond donors (Lipinski definition) is 1. The molecule has 2 heterocycles. The number of rotatable bonds is 7. The summed E-state index contributed by atoms with van der Waals surface area (Å²) in [4.78, 5) is 40.1. The molecule has 1 aliphatic heterocycles. The third kappa shape index (κ3) is 5.89. The first-order valence-electron chi connectivity index (χ1n) is 12.9. The number of anilines is 1. The van der Waals surface area contributed by atoms with Crippen LogP contribution in [0.3, 0.4) is 0 Å². The zero-order valence-electron chi connectivity index (χ0n) is 22.4. The van der Waals surface area contributed by atoms with Crippen molar-refractivity contribution >= 4 is 36.1 Å². The number of carbonyl (C=O) groups excluding carboxylic acids is 2. The number of aromatic nitrogens is 1. The molecule has 38 heavy (non-hydrogen) atoms. The molecule has 0 unspecified atom stereocenters. The van der Waals surface area contributed by atoms with E-state index in [9.17, 15) is 23.0 Å². The van der Waals surface area contributed by atoms with Gasteiger partial charge in [0.25, 0.3) is 0 Å². The summed E-state index contributed by atoms with van der Waals surface area (Å²) >= 11 is 0. The van der Waals surface area contributed by atoms with Crippen molar-refractivity contribution in [3.8, 4) is 5.75 Å². The van der Waals surface area contributed by atoms with E-state index in [0.29, 0.717) is 24.4 Å². The van der Waals surface area contributed by atoms with Gasteiger partial charge in [-0.3, -0.25) is 4.79 Å². The van der Waals surface area contributed by atoms with E-state index in [-0.39, 0.29) is 23.4 Å². The normalized spacial score (nSPS) is 19.7. The standard InChI is InChI=1S/C26H34BF2N3O6/c1-6-15-11-12-31(14-19(15)30-25(35)37-26(2,3)4)20-10-9-17-21(23(20)36-5)32(16-7-8-16)13-18(22(17)33)24(34)38-27(28)29/h9-10,13,15-16,19H,6-8,11-12,14H2,1-5H3,(H,30,35)/t15-,19-/m1/s1. The Morgan fingerprint density at radius 3 is 2.47 bits per heavy atom. The molecule has 1 N–H and O–H groups in total. The summed E-state index contributed by atoms with van der Waals surface area (Å²) in [6.45, 7) is 8.75. The lowest BCUT2D eigenvalue weighted by Gasteiger charge is -2.40. The van der Waals surface area contributed by atoms with E-state index in [4.69, 9.17) is 9.47 Å². The number of nitrogens with zero attached hydrogens (tertiary/aromatic N) is 2. The summed E-state index contributed by atoms with van der Waals surface area (Å²) in [6.07, 6.45) is 4.18. The summed E-state index contributed by atoms with van der Waals surface area (Å²) in [7, 11) is -1.81. The fourth-order valence-corrected chi connectivity index (χ4v) is 5.12. The summed E-state index contributed by atoms with van der Waals surface area (Å²) < 4.78 is 42.5. The van der Waals surface area contributed by atoms with Crippen LogP contribution >= 0.6 is 0 Å². The Morgan fingerprint density at radius 2 is 1.89 bits per heavy atom. The largest absolute Gasteiger partial charge is 0.798 e. The number of benzene rings is 1. The molecule has 1 amide bonds. The zero-order valence-corrected chi connectivity index (χ0v) is 22.4. The number of alkyl carbamates (subject to hydrolysis) is 1. The molecule has 4 rings (SSSR count). The SMILES string of the molecule is CC[C@@H]1CCN(c2ccc3c(=O)c(C(=O)OB(F)F)cn(C4CC4)c3c2OC)C[C@H]1NC(=O)OC(C)(C)C. The molecule has 1 aromatic carbocycles. The van der Waals surface area contributed by atoms with Gasteiger partial charge in [-0.1, -0.05) is 13.3 Å². The van der Waals surface area contributed by atoms with Crippen LogP contribution in [-0.2, 0) is 9.39 Å². The Kier molecular flexibility index (Phi) is 7.89. The molecule has 9 nitrogen and oxygen atoms in total. The maximum atomic E-state index is 13.2. The Morgan fingerprint density at radius 1 is 1.18 bits per heavy atom.